The van der Waals surface area contributed by atoms with Crippen LogP contribution in [-0.4, -0.2) is 212 Å². The lowest BCUT2D eigenvalue weighted by molar-refractivity contribution is -0.145. The summed E-state index contributed by atoms with van der Waals surface area (Å²) in [6, 6.07) is -2.86. The van der Waals surface area contributed by atoms with Crippen molar-refractivity contribution in [3.8, 4) is 5.75 Å². The number of piperazine rings is 1. The fourth-order valence-electron chi connectivity index (χ4n) is 11.1. The molecule has 29 heteroatoms. The lowest BCUT2D eigenvalue weighted by Crippen LogP contribution is -2.56. The van der Waals surface area contributed by atoms with Gasteiger partial charge in [-0.15, -0.1) is 11.8 Å². The van der Waals surface area contributed by atoms with Crippen LogP contribution in [0.5, 0.6) is 5.75 Å². The van der Waals surface area contributed by atoms with Gasteiger partial charge in [0.1, 0.15) is 23.5 Å². The number of benzene rings is 1. The molecule has 458 valence electrons. The van der Waals surface area contributed by atoms with Crippen LogP contribution in [0, 0.1) is 23.7 Å². The monoisotopic (exact) mass is 1190 g/mol. The van der Waals surface area contributed by atoms with E-state index in [9.17, 15) is 78.0 Å². The van der Waals surface area contributed by atoms with Gasteiger partial charge in [-0.1, -0.05) is 33.6 Å². The minimum Gasteiger partial charge on any atom is -0.506 e. The summed E-state index contributed by atoms with van der Waals surface area (Å²) in [5, 5.41) is 59.1. The van der Waals surface area contributed by atoms with Crippen LogP contribution >= 0.6 is 11.8 Å². The maximum Gasteiger partial charge on any atom is 0.253 e. The summed E-state index contributed by atoms with van der Waals surface area (Å²) in [7, 11) is 0. The maximum absolute atomic E-state index is 15.0. The van der Waals surface area contributed by atoms with Gasteiger partial charge in [0.05, 0.1) is 60.4 Å². The molecule has 6 heterocycles. The number of primary amides is 1. The average Bonchev–Trinajstić information content (AvgIpc) is 2.65. The highest BCUT2D eigenvalue weighted by Gasteiger charge is 2.45. The molecule has 84 heavy (non-hydrogen) atoms. The number of amides is 10. The normalized spacial score (nSPS) is 26.0. The van der Waals surface area contributed by atoms with Crippen LogP contribution < -0.4 is 42.6 Å². The number of carbonyl (C=O) groups is 12. The minimum atomic E-state index is -1.66. The number of nitrogens with one attached hydrogen (secondary N) is 7. The number of anilines is 1. The number of H-pyrrole nitrogens is 1. The highest BCUT2D eigenvalue weighted by Crippen LogP contribution is 2.42. The lowest BCUT2D eigenvalue weighted by atomic mass is 9.85. The van der Waals surface area contributed by atoms with Crippen LogP contribution in [0.15, 0.2) is 29.3 Å². The van der Waals surface area contributed by atoms with Gasteiger partial charge >= 0.3 is 0 Å². The second kappa shape index (κ2) is 28.9. The minimum absolute atomic E-state index is 0.171. The number of thioether (sulfide) groups is 1. The Bertz CT molecular complexity index is 2890. The zero-order chi connectivity index (χ0) is 61.1. The summed E-state index contributed by atoms with van der Waals surface area (Å²) < 4.78 is 0. The van der Waals surface area contributed by atoms with E-state index in [1.54, 1.807) is 24.9 Å². The van der Waals surface area contributed by atoms with Gasteiger partial charge in [0, 0.05) is 106 Å². The number of imide groups is 1. The zero-order valence-corrected chi connectivity index (χ0v) is 48.0. The standard InChI is InChI=1S/C55H76N12O16S/c1-4-28(2)47-53(82)58-23-43(76)59-35-27-84-54-34(33-9-10-37(70)50(49(33)62-54)64-14-16-65(17-15-64)63-42(75)8-6-5-7-13-66-45(78)11-12-46(66)79)18-30(51(80)57-24-44(77)60-47)19-39(72)48(29(3)40(73)26-68)61-52(81)36-22-32(69)25-67(36)55(83)31(20-38(35)71)21-41(56)74/h9-12,28-32,35-36,40,47-48,62,68-70,73H,4-8,13-27H2,1-3H3,(H2,56,74)(H,57,80)(H,58,82)(H,59,76)(H,60,77)(H,61,81)(H,63,75)/t28-,29-,30-,31-,32+,35-,36-,40-,47-,48-/m0/s1. The number of phenolic OH excluding ortho intramolecular Hbond substituents is 1. The zero-order valence-electron chi connectivity index (χ0n) is 47.2. The van der Waals surface area contributed by atoms with E-state index in [1.165, 1.54) is 25.1 Å². The molecule has 0 saturated carbocycles. The fourth-order valence-corrected chi connectivity index (χ4v) is 12.3. The molecule has 2 saturated heterocycles. The largest absolute Gasteiger partial charge is 0.506 e. The number of Topliss-reactive ketones (excluding diaryl/α,β-unsaturated/α-hetero) is 2. The highest BCUT2D eigenvalue weighted by molar-refractivity contribution is 7.99. The Morgan fingerprint density at radius 1 is 0.821 bits per heavy atom. The number of aromatic nitrogens is 1. The fraction of sp³-hybridized carbons (Fsp3) is 0.600. The Labute approximate surface area is 488 Å². The number of aromatic amines is 1. The van der Waals surface area contributed by atoms with E-state index in [2.05, 4.69) is 37.0 Å². The topological polar surface area (TPSA) is 413 Å². The second-order valence-electron chi connectivity index (χ2n) is 22.2. The van der Waals surface area contributed by atoms with Gasteiger partial charge in [-0.05, 0) is 42.9 Å². The SMILES string of the molecule is CC[C@H](C)[C@@H]1NC(=O)CNC(=O)[C@@H]2CC(=O)[C@H]([C@@H](C)[C@@H](O)CO)NC(=O)[C@@H]3C[C@@H](O)CN3C(=O)[C@H](CC(N)=O)CC(=O)[C@H](CSc3[nH]c4c(N5CCN(NC(=O)CCCCCN6C(=O)C=CC6=O)CC5)c(O)ccc4c3C2)NC(=O)CNC1=O. The van der Waals surface area contributed by atoms with E-state index in [0.717, 1.165) is 21.6 Å². The first-order valence-electron chi connectivity index (χ1n) is 28.4. The molecule has 2 bridgehead atoms. The number of unbranched alkanes of at least 4 members (excludes halogenated alkanes) is 2. The number of hydrazine groups is 1. The number of hydrogen-bond acceptors (Lipinski definition) is 19. The second-order valence-corrected chi connectivity index (χ2v) is 23.2. The lowest BCUT2D eigenvalue weighted by Gasteiger charge is -2.36. The van der Waals surface area contributed by atoms with Crippen LogP contribution in [0.4, 0.5) is 5.69 Å². The number of nitrogens with zero attached hydrogens (tertiary/aromatic N) is 4. The molecule has 0 spiro atoms. The van der Waals surface area contributed by atoms with Crippen molar-refractivity contribution in [2.45, 2.75) is 126 Å². The van der Waals surface area contributed by atoms with Crippen LogP contribution in [0.25, 0.3) is 10.9 Å². The molecule has 0 radical (unpaired) electrons. The Morgan fingerprint density at radius 3 is 2.17 bits per heavy atom. The van der Waals surface area contributed by atoms with Gasteiger partial charge in [0.15, 0.2) is 11.6 Å². The van der Waals surface area contributed by atoms with Crippen molar-refractivity contribution in [2.24, 2.45) is 29.4 Å². The number of aliphatic hydroxyl groups is 3. The van der Waals surface area contributed by atoms with Crippen molar-refractivity contribution in [1.29, 1.82) is 0 Å². The van der Waals surface area contributed by atoms with Crippen LogP contribution in [-0.2, 0) is 64.0 Å². The number of aliphatic hydroxyl groups excluding tert-OH is 3. The predicted molar refractivity (Wildman–Crippen MR) is 300 cm³/mol. The van der Waals surface area contributed by atoms with E-state index in [4.69, 9.17) is 5.73 Å². The van der Waals surface area contributed by atoms with E-state index < -0.39 is 158 Å². The Hall–Kier alpha value is -7.47. The van der Waals surface area contributed by atoms with Crippen LogP contribution in [0.1, 0.15) is 84.1 Å². The first-order valence-corrected chi connectivity index (χ1v) is 29.3. The molecular formula is C55H76N12O16S. The molecule has 28 nitrogen and oxygen atoms in total. The first kappa shape index (κ1) is 64.1. The van der Waals surface area contributed by atoms with Gasteiger partial charge in [-0.25, -0.2) is 5.01 Å². The van der Waals surface area contributed by atoms with E-state index in [0.29, 0.717) is 60.9 Å². The van der Waals surface area contributed by atoms with E-state index >= 15 is 0 Å². The van der Waals surface area contributed by atoms with Gasteiger partial charge < -0.3 is 67.5 Å². The Kier molecular flexibility index (Phi) is 22.0. The van der Waals surface area contributed by atoms with Crippen LogP contribution in [0.3, 0.4) is 0 Å². The van der Waals surface area contributed by atoms with E-state index in [-0.39, 0.29) is 73.1 Å². The van der Waals surface area contributed by atoms with Crippen molar-refractivity contribution >= 4 is 99.0 Å². The Balaban J connectivity index is 1.27. The van der Waals surface area contributed by atoms with E-state index in [1.807, 2.05) is 4.90 Å². The third kappa shape index (κ3) is 15.8. The summed E-state index contributed by atoms with van der Waals surface area (Å²) >= 11 is 0.986. The van der Waals surface area contributed by atoms with Crippen molar-refractivity contribution in [3.05, 3.63) is 29.8 Å². The molecule has 1 aromatic heterocycles. The molecule has 13 N–H and O–H groups in total. The van der Waals surface area contributed by atoms with Gasteiger partial charge in [-0.2, -0.15) is 0 Å². The van der Waals surface area contributed by atoms with Crippen molar-refractivity contribution < 1.29 is 78.0 Å². The number of phenols is 1. The molecule has 10 amide bonds. The summed E-state index contributed by atoms with van der Waals surface area (Å²) in [4.78, 5) is 171. The molecule has 10 atom stereocenters. The van der Waals surface area contributed by atoms with Gasteiger partial charge in [0.25, 0.3) is 11.8 Å². The third-order valence-electron chi connectivity index (χ3n) is 16.2. The number of carbonyl (C=O) groups excluding carboxylic acids is 12. The molecular weight excluding hydrogens is 1120 g/mol. The Morgan fingerprint density at radius 2 is 1.50 bits per heavy atom. The van der Waals surface area contributed by atoms with Crippen molar-refractivity contribution in [3.63, 3.8) is 0 Å². The molecule has 1 aromatic carbocycles. The molecule has 5 aliphatic rings. The summed E-state index contributed by atoms with van der Waals surface area (Å²) in [5.74, 6) is -14.0. The number of aromatic hydroxyl groups is 1. The number of ketones is 2. The molecule has 5 aliphatic heterocycles. The van der Waals surface area contributed by atoms with Gasteiger partial charge in [0.2, 0.25) is 47.3 Å². The molecule has 0 aliphatic carbocycles. The first-order chi connectivity index (χ1) is 40.0. The highest BCUT2D eigenvalue weighted by atomic mass is 32.2. The number of hydrogen-bond donors (Lipinski definition) is 12. The molecule has 2 fully saturated rings. The average molecular weight is 1190 g/mol. The number of rotatable bonds is 15. The predicted octanol–water partition coefficient (Wildman–Crippen LogP) is -3.12. The maximum atomic E-state index is 15.0. The van der Waals surface area contributed by atoms with Gasteiger partial charge in [-0.3, -0.25) is 67.9 Å². The smallest absolute Gasteiger partial charge is 0.253 e. The van der Waals surface area contributed by atoms with Crippen molar-refractivity contribution in [2.75, 3.05) is 69.6 Å². The van der Waals surface area contributed by atoms with Crippen LogP contribution in [0.2, 0.25) is 0 Å². The third-order valence-corrected chi connectivity index (χ3v) is 17.3. The van der Waals surface area contributed by atoms with Crippen molar-refractivity contribution in [1.82, 2.24) is 51.8 Å². The summed E-state index contributed by atoms with van der Waals surface area (Å²) in [5.41, 5.74) is 9.57. The summed E-state index contributed by atoms with van der Waals surface area (Å²) in [6.45, 7) is 3.49. The quantitative estimate of drug-likeness (QED) is 0.0620. The molecule has 0 unspecified atom stereocenters. The molecule has 7 rings (SSSR count). The molecule has 2 aromatic rings. The summed E-state index contributed by atoms with van der Waals surface area (Å²) in [6.07, 6.45) is -1.09. The number of nitrogens with two attached hydrogens (primary N) is 1. The number of fused-ring (bicyclic) bond motifs is 5.